The van der Waals surface area contributed by atoms with Crippen LogP contribution in [-0.4, -0.2) is 73.5 Å². The van der Waals surface area contributed by atoms with Crippen molar-refractivity contribution >= 4 is 33.4 Å². The van der Waals surface area contributed by atoms with E-state index in [0.29, 0.717) is 28.0 Å². The number of benzene rings is 1. The third-order valence-electron chi connectivity index (χ3n) is 7.27. The molecule has 3 N–H and O–H groups in total. The molecule has 4 atom stereocenters. The zero-order chi connectivity index (χ0) is 28.1. The van der Waals surface area contributed by atoms with Crippen molar-refractivity contribution in [2.45, 2.75) is 38.0 Å². The number of aliphatic hydroxyl groups excluding tert-OH is 1. The average Bonchev–Trinajstić information content (AvgIpc) is 3.63. The normalized spacial score (nSPS) is 20.9. The van der Waals surface area contributed by atoms with Gasteiger partial charge in [0, 0.05) is 61.9 Å². The van der Waals surface area contributed by atoms with Crippen LogP contribution >= 0.6 is 0 Å². The van der Waals surface area contributed by atoms with E-state index in [2.05, 4.69) is 33.0 Å². The number of nitrogens with two attached hydrogens (primary N) is 1. The van der Waals surface area contributed by atoms with Crippen molar-refractivity contribution in [3.63, 3.8) is 0 Å². The number of anilines is 2. The second kappa shape index (κ2) is 10.0. The third kappa shape index (κ3) is 4.38. The summed E-state index contributed by atoms with van der Waals surface area (Å²) in [6.07, 6.45) is 0.393. The number of fused-ring (bicyclic) bond motifs is 2. The number of hydrogen-bond acceptors (Lipinski definition) is 9. The topological polar surface area (TPSA) is 129 Å². The van der Waals surface area contributed by atoms with Gasteiger partial charge in [0.2, 0.25) is 0 Å². The molecule has 0 unspecified atom stereocenters. The van der Waals surface area contributed by atoms with E-state index < -0.39 is 24.6 Å². The molecule has 1 fully saturated rings. The summed E-state index contributed by atoms with van der Waals surface area (Å²) in [4.78, 5) is 15.2. The Kier molecular flexibility index (Phi) is 6.51. The lowest BCUT2D eigenvalue weighted by Gasteiger charge is -2.18. The van der Waals surface area contributed by atoms with Crippen molar-refractivity contribution in [3.05, 3.63) is 54.7 Å². The van der Waals surface area contributed by atoms with E-state index in [9.17, 15) is 5.11 Å². The van der Waals surface area contributed by atoms with Gasteiger partial charge in [-0.1, -0.05) is 6.92 Å². The molecule has 0 radical (unpaired) electrons. The van der Waals surface area contributed by atoms with Gasteiger partial charge in [0.25, 0.3) is 0 Å². The fourth-order valence-electron chi connectivity index (χ4n) is 5.18. The number of aliphatic hydroxyl groups is 1. The van der Waals surface area contributed by atoms with Crippen LogP contribution in [0.2, 0.25) is 0 Å². The van der Waals surface area contributed by atoms with E-state index in [-0.39, 0.29) is 12.4 Å². The maximum atomic E-state index is 15.5. The van der Waals surface area contributed by atoms with Gasteiger partial charge in [0.1, 0.15) is 42.4 Å². The standard InChI is InChI=1S/C28H31FN8O3/c1-5-15-10-21(35(2)3)17-7-6-16(11-20(17)33-15)39-13-22-25(38)24(29)28(40-22)37-12-18(19-8-9-36(4)34-19)23-26(30)31-14-32-27(23)37/h6-12,14,22,24-25,28,38H,5,13H2,1-4H3,(H2,30,31,32)/t22-,24+,25-,28-/m1/s1. The lowest BCUT2D eigenvalue weighted by atomic mass is 10.1. The largest absolute Gasteiger partial charge is 0.491 e. The van der Waals surface area contributed by atoms with Crippen LogP contribution in [0, 0.1) is 0 Å². The quantitative estimate of drug-likeness (QED) is 0.316. The van der Waals surface area contributed by atoms with Gasteiger partial charge in [-0.2, -0.15) is 5.10 Å². The maximum Gasteiger partial charge on any atom is 0.173 e. The summed E-state index contributed by atoms with van der Waals surface area (Å²) in [5.74, 6) is 0.795. The Hall–Kier alpha value is -4.29. The first kappa shape index (κ1) is 26.0. The number of nitrogen functional groups attached to an aromatic ring is 1. The molecule has 12 heteroatoms. The number of hydrogen-bond donors (Lipinski definition) is 2. The predicted molar refractivity (Wildman–Crippen MR) is 150 cm³/mol. The van der Waals surface area contributed by atoms with Crippen molar-refractivity contribution in [1.29, 1.82) is 0 Å². The Labute approximate surface area is 230 Å². The van der Waals surface area contributed by atoms with Crippen LogP contribution in [0.25, 0.3) is 33.2 Å². The van der Waals surface area contributed by atoms with Crippen LogP contribution in [0.15, 0.2) is 49.1 Å². The number of aromatic nitrogens is 6. The molecule has 5 heterocycles. The Morgan fingerprint density at radius 1 is 1.20 bits per heavy atom. The van der Waals surface area contributed by atoms with E-state index in [0.717, 1.165) is 28.7 Å². The first-order chi connectivity index (χ1) is 19.2. The SMILES string of the molecule is CCc1cc(N(C)C)c2ccc(OC[C@H]3O[C@@H](n4cc(-c5ccn(C)n5)c5c(N)ncnc54)[C@@H](F)[C@@H]3O)cc2n1. The first-order valence-corrected chi connectivity index (χ1v) is 13.1. The highest BCUT2D eigenvalue weighted by Gasteiger charge is 2.46. The minimum atomic E-state index is -1.73. The molecule has 1 aromatic carbocycles. The van der Waals surface area contributed by atoms with E-state index in [1.165, 1.54) is 6.33 Å². The van der Waals surface area contributed by atoms with Crippen molar-refractivity contribution in [1.82, 2.24) is 29.3 Å². The lowest BCUT2D eigenvalue weighted by molar-refractivity contribution is -0.0410. The molecule has 208 valence electrons. The van der Waals surface area contributed by atoms with Crippen LogP contribution < -0.4 is 15.4 Å². The number of pyridine rings is 1. The number of aryl methyl sites for hydroxylation is 2. The fraction of sp³-hybridized carbons (Fsp3) is 0.357. The van der Waals surface area contributed by atoms with Crippen LogP contribution in [0.4, 0.5) is 15.9 Å². The van der Waals surface area contributed by atoms with E-state index in [1.807, 2.05) is 38.4 Å². The zero-order valence-corrected chi connectivity index (χ0v) is 22.7. The maximum absolute atomic E-state index is 15.5. The van der Waals surface area contributed by atoms with E-state index in [4.69, 9.17) is 20.2 Å². The molecule has 1 saturated heterocycles. The summed E-state index contributed by atoms with van der Waals surface area (Å²) < 4.78 is 30.8. The summed E-state index contributed by atoms with van der Waals surface area (Å²) in [5.41, 5.74) is 10.7. The molecule has 6 rings (SSSR count). The van der Waals surface area contributed by atoms with Gasteiger partial charge in [0.15, 0.2) is 12.4 Å². The summed E-state index contributed by atoms with van der Waals surface area (Å²) in [6.45, 7) is 2.01. The van der Waals surface area contributed by atoms with Gasteiger partial charge in [-0.15, -0.1) is 0 Å². The fourth-order valence-corrected chi connectivity index (χ4v) is 5.18. The Balaban J connectivity index is 1.26. The number of ether oxygens (including phenoxy) is 2. The molecule has 11 nitrogen and oxygen atoms in total. The smallest absolute Gasteiger partial charge is 0.173 e. The minimum Gasteiger partial charge on any atom is -0.491 e. The lowest BCUT2D eigenvalue weighted by Crippen LogP contribution is -2.32. The van der Waals surface area contributed by atoms with Crippen LogP contribution in [-0.2, 0) is 18.2 Å². The predicted octanol–water partition coefficient (Wildman–Crippen LogP) is 3.27. The number of alkyl halides is 1. The van der Waals surface area contributed by atoms with Crippen molar-refractivity contribution < 1.29 is 19.0 Å². The second-order valence-corrected chi connectivity index (χ2v) is 10.2. The highest BCUT2D eigenvalue weighted by atomic mass is 19.1. The molecule has 1 aliphatic rings. The van der Waals surface area contributed by atoms with E-state index in [1.54, 1.807) is 28.7 Å². The van der Waals surface area contributed by atoms with Crippen molar-refractivity contribution in [2.75, 3.05) is 31.3 Å². The number of halogens is 1. The Bertz CT molecular complexity index is 1700. The molecule has 1 aliphatic heterocycles. The molecule has 0 amide bonds. The highest BCUT2D eigenvalue weighted by molar-refractivity contribution is 6.00. The molecule has 5 aromatic rings. The van der Waals surface area contributed by atoms with Gasteiger partial charge < -0.3 is 29.8 Å². The minimum absolute atomic E-state index is 0.0545. The van der Waals surface area contributed by atoms with Gasteiger partial charge >= 0.3 is 0 Å². The first-order valence-electron chi connectivity index (χ1n) is 13.1. The summed E-state index contributed by atoms with van der Waals surface area (Å²) >= 11 is 0. The van der Waals surface area contributed by atoms with Crippen molar-refractivity contribution in [3.8, 4) is 17.0 Å². The summed E-state index contributed by atoms with van der Waals surface area (Å²) in [7, 11) is 5.79. The molecular weight excluding hydrogens is 515 g/mol. The average molecular weight is 547 g/mol. The molecule has 0 bridgehead atoms. The van der Waals surface area contributed by atoms with Crippen LogP contribution in [0.1, 0.15) is 18.8 Å². The van der Waals surface area contributed by atoms with Gasteiger partial charge in [-0.3, -0.25) is 9.67 Å². The van der Waals surface area contributed by atoms with Crippen molar-refractivity contribution in [2.24, 2.45) is 7.05 Å². The molecular formula is C28H31FN8O3. The summed E-state index contributed by atoms with van der Waals surface area (Å²) in [5, 5.41) is 16.8. The monoisotopic (exact) mass is 546 g/mol. The van der Waals surface area contributed by atoms with E-state index >= 15 is 4.39 Å². The number of nitrogens with zero attached hydrogens (tertiary/aromatic N) is 7. The molecule has 40 heavy (non-hydrogen) atoms. The second-order valence-electron chi connectivity index (χ2n) is 10.2. The molecule has 0 aliphatic carbocycles. The third-order valence-corrected chi connectivity index (χ3v) is 7.27. The number of rotatable bonds is 7. The Morgan fingerprint density at radius 3 is 2.75 bits per heavy atom. The van der Waals surface area contributed by atoms with Gasteiger partial charge in [-0.25, -0.2) is 14.4 Å². The molecule has 0 spiro atoms. The summed E-state index contributed by atoms with van der Waals surface area (Å²) in [6, 6.07) is 9.55. The highest BCUT2D eigenvalue weighted by Crippen LogP contribution is 2.39. The zero-order valence-electron chi connectivity index (χ0n) is 22.7. The Morgan fingerprint density at radius 2 is 2.02 bits per heavy atom. The molecule has 4 aromatic heterocycles. The van der Waals surface area contributed by atoms with Gasteiger partial charge in [-0.05, 0) is 30.7 Å². The van der Waals surface area contributed by atoms with Gasteiger partial charge in [0.05, 0.1) is 16.6 Å². The van der Waals surface area contributed by atoms with Crippen LogP contribution in [0.3, 0.4) is 0 Å². The van der Waals surface area contributed by atoms with Crippen LogP contribution in [0.5, 0.6) is 5.75 Å². The molecule has 0 saturated carbocycles.